The largest absolute Gasteiger partial charge is 0.299 e. The molecule has 0 heterocycles. The van der Waals surface area contributed by atoms with Crippen LogP contribution in [-0.2, 0) is 9.59 Å². The van der Waals surface area contributed by atoms with Crippen molar-refractivity contribution >= 4 is 11.6 Å². The lowest BCUT2D eigenvalue weighted by atomic mass is 9.82. The van der Waals surface area contributed by atoms with Crippen LogP contribution in [0.15, 0.2) is 12.2 Å². The van der Waals surface area contributed by atoms with E-state index < -0.39 is 0 Å². The average molecular weight is 180 g/mol. The molecule has 0 aromatic rings. The molecule has 0 atom stereocenters. The van der Waals surface area contributed by atoms with Gasteiger partial charge < -0.3 is 0 Å². The summed E-state index contributed by atoms with van der Waals surface area (Å²) < 4.78 is 0. The number of Topliss-reactive ketones (excluding diaryl/α,β-unsaturated/α-hetero) is 2. The predicted molar refractivity (Wildman–Crippen MR) is 51.4 cm³/mol. The summed E-state index contributed by atoms with van der Waals surface area (Å²) in [5.74, 6) is -0.127. The molecule has 0 aromatic carbocycles. The van der Waals surface area contributed by atoms with Crippen molar-refractivity contribution in [3.8, 4) is 0 Å². The zero-order valence-corrected chi connectivity index (χ0v) is 8.14. The average Bonchev–Trinajstić information content (AvgIpc) is 2.11. The van der Waals surface area contributed by atoms with Crippen LogP contribution < -0.4 is 0 Å². The third-order valence-electron chi connectivity index (χ3n) is 2.62. The predicted octanol–water partition coefficient (Wildman–Crippen LogP) is 2.28. The Kier molecular flexibility index (Phi) is 3.40. The Hall–Kier alpha value is -0.920. The molecule has 0 radical (unpaired) electrons. The minimum Gasteiger partial charge on any atom is -0.299 e. The van der Waals surface area contributed by atoms with Gasteiger partial charge in [-0.15, -0.1) is 0 Å². The number of carbonyl (C=O) groups excluding carboxylic acids is 2. The van der Waals surface area contributed by atoms with E-state index in [1.54, 1.807) is 0 Å². The highest BCUT2D eigenvalue weighted by Gasteiger charge is 2.29. The molecule has 1 aliphatic carbocycles. The van der Waals surface area contributed by atoms with Gasteiger partial charge in [0, 0.05) is 12.8 Å². The molecule has 0 unspecified atom stereocenters. The summed E-state index contributed by atoms with van der Waals surface area (Å²) >= 11 is 0. The first kappa shape index (κ1) is 10.2. The molecule has 0 spiro atoms. The van der Waals surface area contributed by atoms with Crippen LogP contribution in [0.3, 0.4) is 0 Å². The summed E-state index contributed by atoms with van der Waals surface area (Å²) in [6, 6.07) is 0. The van der Waals surface area contributed by atoms with Crippen LogP contribution in [0.4, 0.5) is 0 Å². The second kappa shape index (κ2) is 4.35. The minimum absolute atomic E-state index is 0.117. The molecule has 0 amide bonds. The van der Waals surface area contributed by atoms with Gasteiger partial charge in [-0.3, -0.25) is 9.59 Å². The molecule has 72 valence electrons. The van der Waals surface area contributed by atoms with Crippen LogP contribution >= 0.6 is 0 Å². The molecule has 0 N–H and O–H groups in total. The fourth-order valence-corrected chi connectivity index (χ4v) is 1.63. The standard InChI is InChI=1S/C11H16O2/c1-3-8(2)7-9-10(12)5-4-6-11(9)13/h9H,2-7H2,1H3. The molecular weight excluding hydrogens is 164 g/mol. The van der Waals surface area contributed by atoms with Gasteiger partial charge in [0.25, 0.3) is 0 Å². The van der Waals surface area contributed by atoms with Crippen LogP contribution in [0, 0.1) is 5.92 Å². The molecule has 1 aliphatic rings. The third kappa shape index (κ3) is 2.51. The lowest BCUT2D eigenvalue weighted by molar-refractivity contribution is -0.135. The SMILES string of the molecule is C=C(CC)CC1C(=O)CCCC1=O. The van der Waals surface area contributed by atoms with E-state index in [0.29, 0.717) is 19.3 Å². The molecule has 0 saturated heterocycles. The maximum atomic E-state index is 11.4. The maximum Gasteiger partial charge on any atom is 0.143 e. The van der Waals surface area contributed by atoms with E-state index in [4.69, 9.17) is 0 Å². The molecule has 0 aromatic heterocycles. The molecule has 0 bridgehead atoms. The van der Waals surface area contributed by atoms with Gasteiger partial charge in [-0.05, 0) is 19.3 Å². The van der Waals surface area contributed by atoms with E-state index in [-0.39, 0.29) is 17.5 Å². The zero-order chi connectivity index (χ0) is 9.84. The van der Waals surface area contributed by atoms with Crippen molar-refractivity contribution in [2.45, 2.75) is 39.0 Å². The summed E-state index contributed by atoms with van der Waals surface area (Å²) in [6.45, 7) is 5.83. The fraction of sp³-hybridized carbons (Fsp3) is 0.636. The number of rotatable bonds is 3. The van der Waals surface area contributed by atoms with Crippen LogP contribution in [0.2, 0.25) is 0 Å². The van der Waals surface area contributed by atoms with Crippen LogP contribution in [0.25, 0.3) is 0 Å². The molecule has 1 rings (SSSR count). The Morgan fingerprint density at radius 1 is 1.38 bits per heavy atom. The maximum absolute atomic E-state index is 11.4. The quantitative estimate of drug-likeness (QED) is 0.493. The summed E-state index contributed by atoms with van der Waals surface area (Å²) in [7, 11) is 0. The number of hydrogen-bond acceptors (Lipinski definition) is 2. The van der Waals surface area contributed by atoms with Crippen LogP contribution in [-0.4, -0.2) is 11.6 Å². The van der Waals surface area contributed by atoms with Gasteiger partial charge in [0.15, 0.2) is 0 Å². The molecule has 0 aliphatic heterocycles. The monoisotopic (exact) mass is 180 g/mol. The molecule has 1 saturated carbocycles. The topological polar surface area (TPSA) is 34.1 Å². The first-order chi connectivity index (χ1) is 6.15. The second-order valence-electron chi connectivity index (χ2n) is 3.65. The van der Waals surface area contributed by atoms with Gasteiger partial charge >= 0.3 is 0 Å². The highest BCUT2D eigenvalue weighted by molar-refractivity contribution is 6.04. The van der Waals surface area contributed by atoms with Crippen molar-refractivity contribution in [3.05, 3.63) is 12.2 Å². The lowest BCUT2D eigenvalue weighted by Gasteiger charge is -2.19. The van der Waals surface area contributed by atoms with Crippen LogP contribution in [0.5, 0.6) is 0 Å². The van der Waals surface area contributed by atoms with Crippen molar-refractivity contribution < 1.29 is 9.59 Å². The molecular formula is C11H16O2. The highest BCUT2D eigenvalue weighted by Crippen LogP contribution is 2.23. The number of hydrogen-bond donors (Lipinski definition) is 0. The molecule has 13 heavy (non-hydrogen) atoms. The Labute approximate surface area is 79.0 Å². The number of allylic oxidation sites excluding steroid dienone is 1. The Morgan fingerprint density at radius 3 is 2.38 bits per heavy atom. The van der Waals surface area contributed by atoms with E-state index in [1.807, 2.05) is 6.92 Å². The summed E-state index contributed by atoms with van der Waals surface area (Å²) in [4.78, 5) is 22.8. The Morgan fingerprint density at radius 2 is 1.92 bits per heavy atom. The zero-order valence-electron chi connectivity index (χ0n) is 8.14. The van der Waals surface area contributed by atoms with E-state index >= 15 is 0 Å². The molecule has 2 heteroatoms. The van der Waals surface area contributed by atoms with E-state index in [0.717, 1.165) is 18.4 Å². The van der Waals surface area contributed by atoms with E-state index in [9.17, 15) is 9.59 Å². The summed E-state index contributed by atoms with van der Waals surface area (Å²) in [6.07, 6.45) is 3.33. The van der Waals surface area contributed by atoms with Crippen molar-refractivity contribution in [1.82, 2.24) is 0 Å². The first-order valence-corrected chi connectivity index (χ1v) is 4.87. The number of carbonyl (C=O) groups is 2. The Bertz CT molecular complexity index is 224. The summed E-state index contributed by atoms with van der Waals surface area (Å²) in [5.41, 5.74) is 1.01. The van der Waals surface area contributed by atoms with Gasteiger partial charge in [-0.25, -0.2) is 0 Å². The number of ketones is 2. The first-order valence-electron chi connectivity index (χ1n) is 4.87. The van der Waals surface area contributed by atoms with Crippen molar-refractivity contribution in [2.75, 3.05) is 0 Å². The van der Waals surface area contributed by atoms with E-state index in [2.05, 4.69) is 6.58 Å². The fourth-order valence-electron chi connectivity index (χ4n) is 1.63. The van der Waals surface area contributed by atoms with Gasteiger partial charge in [0.1, 0.15) is 11.6 Å². The minimum atomic E-state index is -0.360. The normalized spacial score (nSPS) is 19.2. The molecule has 2 nitrogen and oxygen atoms in total. The van der Waals surface area contributed by atoms with Gasteiger partial charge in [-0.2, -0.15) is 0 Å². The third-order valence-corrected chi connectivity index (χ3v) is 2.62. The highest BCUT2D eigenvalue weighted by atomic mass is 16.2. The van der Waals surface area contributed by atoms with Crippen LogP contribution in [0.1, 0.15) is 39.0 Å². The van der Waals surface area contributed by atoms with Crippen molar-refractivity contribution in [1.29, 1.82) is 0 Å². The van der Waals surface area contributed by atoms with Crippen molar-refractivity contribution in [2.24, 2.45) is 5.92 Å². The van der Waals surface area contributed by atoms with E-state index in [1.165, 1.54) is 0 Å². The summed E-state index contributed by atoms with van der Waals surface area (Å²) in [5, 5.41) is 0. The van der Waals surface area contributed by atoms with Gasteiger partial charge in [0.2, 0.25) is 0 Å². The lowest BCUT2D eigenvalue weighted by Crippen LogP contribution is -2.28. The van der Waals surface area contributed by atoms with Gasteiger partial charge in [0.05, 0.1) is 5.92 Å². The smallest absolute Gasteiger partial charge is 0.143 e. The van der Waals surface area contributed by atoms with Crippen molar-refractivity contribution in [3.63, 3.8) is 0 Å². The second-order valence-corrected chi connectivity index (χ2v) is 3.65. The molecule has 1 fully saturated rings. The van der Waals surface area contributed by atoms with Gasteiger partial charge in [-0.1, -0.05) is 19.1 Å². The Balaban J connectivity index is 2.59.